The molecule has 11 heteroatoms. The van der Waals surface area contributed by atoms with Crippen LogP contribution < -0.4 is 10.2 Å². The average molecular weight is 503 g/mol. The number of aromatic nitrogens is 4. The van der Waals surface area contributed by atoms with E-state index in [0.29, 0.717) is 23.2 Å². The molecule has 0 spiro atoms. The topological polar surface area (TPSA) is 132 Å². The SMILES string of the molecule is CCOc1ccc(-n2c(SCC(=O)N/N=C\c3ccc(C(=O)O)cc3)nnc2-c2cccnc2)cc1. The number of hydrogen-bond donors (Lipinski definition) is 2. The van der Waals surface area contributed by atoms with Gasteiger partial charge in [0.15, 0.2) is 11.0 Å². The van der Waals surface area contributed by atoms with Gasteiger partial charge in [0.2, 0.25) is 0 Å². The predicted octanol–water partition coefficient (Wildman–Crippen LogP) is 3.67. The maximum atomic E-state index is 12.4. The number of hydrogen-bond acceptors (Lipinski definition) is 8. The number of aromatic carboxylic acids is 1. The van der Waals surface area contributed by atoms with Gasteiger partial charge in [-0.25, -0.2) is 10.2 Å². The highest BCUT2D eigenvalue weighted by Crippen LogP contribution is 2.28. The lowest BCUT2D eigenvalue weighted by Gasteiger charge is -2.11. The van der Waals surface area contributed by atoms with Crippen LogP contribution in [0.25, 0.3) is 17.1 Å². The first-order valence-corrected chi connectivity index (χ1v) is 11.9. The average Bonchev–Trinajstić information content (AvgIpc) is 3.33. The van der Waals surface area contributed by atoms with Gasteiger partial charge in [0, 0.05) is 23.6 Å². The Morgan fingerprint density at radius 3 is 2.56 bits per heavy atom. The number of ether oxygens (including phenoxy) is 1. The highest BCUT2D eigenvalue weighted by atomic mass is 32.2. The Kier molecular flexibility index (Phi) is 8.04. The number of pyridine rings is 1. The zero-order chi connectivity index (χ0) is 25.3. The summed E-state index contributed by atoms with van der Waals surface area (Å²) in [5.41, 5.74) is 4.90. The first-order chi connectivity index (χ1) is 17.5. The first kappa shape index (κ1) is 24.6. The fourth-order valence-electron chi connectivity index (χ4n) is 3.19. The molecule has 0 bridgehead atoms. The molecular weight excluding hydrogens is 480 g/mol. The van der Waals surface area contributed by atoms with Gasteiger partial charge in [-0.3, -0.25) is 14.3 Å². The molecule has 0 radical (unpaired) electrons. The second kappa shape index (κ2) is 11.8. The second-order valence-corrected chi connectivity index (χ2v) is 8.26. The molecule has 0 fully saturated rings. The molecule has 4 rings (SSSR count). The molecule has 2 aromatic heterocycles. The van der Waals surface area contributed by atoms with E-state index in [-0.39, 0.29) is 17.2 Å². The van der Waals surface area contributed by atoms with E-state index < -0.39 is 5.97 Å². The van der Waals surface area contributed by atoms with E-state index in [1.807, 2.05) is 47.9 Å². The summed E-state index contributed by atoms with van der Waals surface area (Å²) in [6, 6.07) is 17.4. The van der Waals surface area contributed by atoms with Crippen molar-refractivity contribution in [3.8, 4) is 22.8 Å². The van der Waals surface area contributed by atoms with Gasteiger partial charge in [-0.15, -0.1) is 10.2 Å². The highest BCUT2D eigenvalue weighted by Gasteiger charge is 2.17. The van der Waals surface area contributed by atoms with Gasteiger partial charge in [-0.1, -0.05) is 23.9 Å². The molecule has 0 aliphatic rings. The first-order valence-electron chi connectivity index (χ1n) is 10.9. The molecule has 0 atom stereocenters. The van der Waals surface area contributed by atoms with Crippen LogP contribution in [0.3, 0.4) is 0 Å². The lowest BCUT2D eigenvalue weighted by molar-refractivity contribution is -0.118. The van der Waals surface area contributed by atoms with Gasteiger partial charge in [-0.05, 0) is 61.0 Å². The van der Waals surface area contributed by atoms with Crippen LogP contribution in [0.1, 0.15) is 22.8 Å². The minimum atomic E-state index is -1.01. The fourth-order valence-corrected chi connectivity index (χ4v) is 3.93. The highest BCUT2D eigenvalue weighted by molar-refractivity contribution is 7.99. The number of carboxylic acids is 1. The van der Waals surface area contributed by atoms with Gasteiger partial charge in [-0.2, -0.15) is 5.10 Å². The molecular formula is C25H22N6O4S. The van der Waals surface area contributed by atoms with Crippen LogP contribution in [0.5, 0.6) is 5.75 Å². The number of hydrazone groups is 1. The van der Waals surface area contributed by atoms with Crippen molar-refractivity contribution in [1.82, 2.24) is 25.2 Å². The maximum Gasteiger partial charge on any atom is 0.335 e. The zero-order valence-corrected chi connectivity index (χ0v) is 20.1. The van der Waals surface area contributed by atoms with Gasteiger partial charge in [0.05, 0.1) is 24.1 Å². The Morgan fingerprint density at radius 1 is 1.11 bits per heavy atom. The van der Waals surface area contributed by atoms with Crippen LogP contribution in [0.2, 0.25) is 0 Å². The summed E-state index contributed by atoms with van der Waals surface area (Å²) < 4.78 is 7.40. The smallest absolute Gasteiger partial charge is 0.335 e. The molecule has 10 nitrogen and oxygen atoms in total. The summed E-state index contributed by atoms with van der Waals surface area (Å²) in [5, 5.41) is 22.1. The number of carboxylic acid groups (broad SMARTS) is 1. The number of carbonyl (C=O) groups is 2. The Hall–Kier alpha value is -4.51. The summed E-state index contributed by atoms with van der Waals surface area (Å²) in [7, 11) is 0. The van der Waals surface area contributed by atoms with Crippen molar-refractivity contribution in [2.24, 2.45) is 5.10 Å². The Morgan fingerprint density at radius 2 is 1.89 bits per heavy atom. The molecule has 0 unspecified atom stereocenters. The molecule has 2 heterocycles. The van der Waals surface area contributed by atoms with Crippen LogP contribution in [-0.2, 0) is 4.79 Å². The lowest BCUT2D eigenvalue weighted by atomic mass is 10.1. The van der Waals surface area contributed by atoms with Crippen molar-refractivity contribution in [1.29, 1.82) is 0 Å². The summed E-state index contributed by atoms with van der Waals surface area (Å²) >= 11 is 1.22. The van der Waals surface area contributed by atoms with Gasteiger partial charge in [0.25, 0.3) is 5.91 Å². The lowest BCUT2D eigenvalue weighted by Crippen LogP contribution is -2.20. The number of nitrogens with one attached hydrogen (secondary N) is 1. The minimum Gasteiger partial charge on any atom is -0.494 e. The van der Waals surface area contributed by atoms with Crippen LogP contribution in [0.4, 0.5) is 0 Å². The zero-order valence-electron chi connectivity index (χ0n) is 19.2. The van der Waals surface area contributed by atoms with E-state index >= 15 is 0 Å². The monoisotopic (exact) mass is 502 g/mol. The third-order valence-corrected chi connectivity index (χ3v) is 5.78. The summed E-state index contributed by atoms with van der Waals surface area (Å²) in [6.07, 6.45) is 4.83. The Bertz CT molecular complexity index is 1360. The number of amides is 1. The summed E-state index contributed by atoms with van der Waals surface area (Å²) in [6.45, 7) is 2.49. The van der Waals surface area contributed by atoms with Crippen molar-refractivity contribution in [2.45, 2.75) is 12.1 Å². The molecule has 0 aliphatic carbocycles. The molecule has 0 saturated carbocycles. The second-order valence-electron chi connectivity index (χ2n) is 7.32. The quantitative estimate of drug-likeness (QED) is 0.191. The number of benzene rings is 2. The number of thioether (sulfide) groups is 1. The van der Waals surface area contributed by atoms with E-state index in [4.69, 9.17) is 9.84 Å². The third-order valence-electron chi connectivity index (χ3n) is 4.85. The van der Waals surface area contributed by atoms with E-state index in [9.17, 15) is 9.59 Å². The van der Waals surface area contributed by atoms with E-state index in [1.165, 1.54) is 30.1 Å². The Balaban J connectivity index is 1.47. The van der Waals surface area contributed by atoms with Crippen molar-refractivity contribution in [3.05, 3.63) is 84.2 Å². The van der Waals surface area contributed by atoms with Crippen LogP contribution in [0.15, 0.2) is 83.3 Å². The largest absolute Gasteiger partial charge is 0.494 e. The number of rotatable bonds is 10. The summed E-state index contributed by atoms with van der Waals surface area (Å²) in [5.74, 6) is 0.0628. The van der Waals surface area contributed by atoms with Crippen molar-refractivity contribution in [2.75, 3.05) is 12.4 Å². The molecule has 1 amide bonds. The molecule has 0 saturated heterocycles. The molecule has 36 heavy (non-hydrogen) atoms. The standard InChI is InChI=1S/C25H22N6O4S/c1-2-35-21-11-9-20(10-12-21)31-23(19-4-3-13-26-15-19)29-30-25(31)36-16-22(32)28-27-14-17-5-7-18(8-6-17)24(33)34/h3-15H,2,16H2,1H3,(H,28,32)(H,33,34)/b27-14-. The normalized spacial score (nSPS) is 10.9. The van der Waals surface area contributed by atoms with Gasteiger partial charge >= 0.3 is 5.97 Å². The van der Waals surface area contributed by atoms with Crippen LogP contribution in [-0.4, -0.2) is 55.3 Å². The van der Waals surface area contributed by atoms with E-state index in [1.54, 1.807) is 24.5 Å². The van der Waals surface area contributed by atoms with Gasteiger partial charge in [0.1, 0.15) is 5.75 Å². The third kappa shape index (κ3) is 6.13. The van der Waals surface area contributed by atoms with Crippen LogP contribution >= 0.6 is 11.8 Å². The molecule has 4 aromatic rings. The van der Waals surface area contributed by atoms with Gasteiger partial charge < -0.3 is 9.84 Å². The molecule has 2 N–H and O–H groups in total. The van der Waals surface area contributed by atoms with E-state index in [0.717, 1.165) is 17.0 Å². The molecule has 2 aromatic carbocycles. The predicted molar refractivity (Wildman–Crippen MR) is 136 cm³/mol. The molecule has 0 aliphatic heterocycles. The van der Waals surface area contributed by atoms with Crippen LogP contribution in [0, 0.1) is 0 Å². The maximum absolute atomic E-state index is 12.4. The molecule has 182 valence electrons. The minimum absolute atomic E-state index is 0.0531. The number of carbonyl (C=O) groups excluding carboxylic acids is 1. The Labute approximate surface area is 211 Å². The fraction of sp³-hybridized carbons (Fsp3) is 0.120. The van der Waals surface area contributed by atoms with Crippen molar-refractivity contribution >= 4 is 29.9 Å². The van der Waals surface area contributed by atoms with E-state index in [2.05, 4.69) is 25.7 Å². The van der Waals surface area contributed by atoms with Crippen molar-refractivity contribution in [3.63, 3.8) is 0 Å². The summed E-state index contributed by atoms with van der Waals surface area (Å²) in [4.78, 5) is 27.5. The number of nitrogens with zero attached hydrogens (tertiary/aromatic N) is 5. The van der Waals surface area contributed by atoms with Crippen molar-refractivity contribution < 1.29 is 19.4 Å².